The van der Waals surface area contributed by atoms with Crippen LogP contribution in [-0.2, 0) is 13.6 Å². The number of rotatable bonds is 4. The lowest BCUT2D eigenvalue weighted by atomic mass is 10.4. The topological polar surface area (TPSA) is 21.1 Å². The molecule has 92 valence electrons. The summed E-state index contributed by atoms with van der Waals surface area (Å²) in [5.74, 6) is 0.740. The van der Waals surface area contributed by atoms with Gasteiger partial charge in [0.05, 0.1) is 6.54 Å². The molecular weight excluding hydrogens is 287 g/mol. The fourth-order valence-corrected chi connectivity index (χ4v) is 1.73. The molecule has 0 bridgehead atoms. The highest BCUT2D eigenvalue weighted by atomic mass is 79.9. The van der Waals surface area contributed by atoms with Crippen molar-refractivity contribution in [3.05, 3.63) is 18.2 Å². The van der Waals surface area contributed by atoms with Gasteiger partial charge in [0, 0.05) is 26.0 Å². The lowest BCUT2D eigenvalue weighted by Gasteiger charge is -2.21. The summed E-state index contributed by atoms with van der Waals surface area (Å²) < 4.78 is 38.6. The van der Waals surface area contributed by atoms with Gasteiger partial charge in [-0.2, -0.15) is 13.2 Å². The summed E-state index contributed by atoms with van der Waals surface area (Å²) in [5, 5.41) is 0. The van der Waals surface area contributed by atoms with Crippen molar-refractivity contribution < 1.29 is 13.2 Å². The van der Waals surface area contributed by atoms with E-state index in [-0.39, 0.29) is 6.54 Å². The summed E-state index contributed by atoms with van der Waals surface area (Å²) in [4.78, 5) is 4.12. The van der Waals surface area contributed by atoms with Crippen LogP contribution in [0.15, 0.2) is 12.4 Å². The van der Waals surface area contributed by atoms with E-state index in [1.807, 2.05) is 7.05 Å². The van der Waals surface area contributed by atoms with E-state index < -0.39 is 11.0 Å². The van der Waals surface area contributed by atoms with Crippen molar-refractivity contribution in [2.75, 3.05) is 13.6 Å². The Morgan fingerprint density at radius 2 is 2.19 bits per heavy atom. The van der Waals surface area contributed by atoms with Crippen molar-refractivity contribution in [2.45, 2.75) is 17.5 Å². The zero-order valence-corrected chi connectivity index (χ0v) is 10.6. The van der Waals surface area contributed by atoms with Crippen LogP contribution in [0.2, 0.25) is 0 Å². The third-order valence-corrected chi connectivity index (χ3v) is 2.97. The molecule has 0 aromatic carbocycles. The van der Waals surface area contributed by atoms with Crippen molar-refractivity contribution in [3.8, 4) is 0 Å². The second kappa shape index (κ2) is 5.18. The summed E-state index contributed by atoms with van der Waals surface area (Å²) in [6.45, 7) is 0.290. The molecule has 0 spiro atoms. The molecule has 0 aliphatic rings. The molecule has 0 saturated heterocycles. The number of halogens is 4. The molecule has 16 heavy (non-hydrogen) atoms. The Morgan fingerprint density at radius 3 is 2.62 bits per heavy atom. The predicted molar refractivity (Wildman–Crippen MR) is 58.3 cm³/mol. The van der Waals surface area contributed by atoms with Gasteiger partial charge in [-0.3, -0.25) is 4.90 Å². The Kier molecular flexibility index (Phi) is 4.37. The highest BCUT2D eigenvalue weighted by Crippen LogP contribution is 2.26. The third-order valence-electron chi connectivity index (χ3n) is 2.16. The van der Waals surface area contributed by atoms with Crippen LogP contribution in [0.3, 0.4) is 0 Å². The molecular formula is C9H13BrF3N3. The average Bonchev–Trinajstić information content (AvgIpc) is 2.50. The number of alkyl halides is 4. The minimum Gasteiger partial charge on any atom is -0.337 e. The monoisotopic (exact) mass is 299 g/mol. The Balaban J connectivity index is 2.48. The van der Waals surface area contributed by atoms with Gasteiger partial charge in [0.2, 0.25) is 0 Å². The smallest absolute Gasteiger partial charge is 0.337 e. The molecule has 1 unspecified atom stereocenters. The molecule has 0 aliphatic carbocycles. The van der Waals surface area contributed by atoms with E-state index in [1.165, 1.54) is 0 Å². The Hall–Kier alpha value is -0.560. The fraction of sp³-hybridized carbons (Fsp3) is 0.667. The molecule has 0 amide bonds. The minimum absolute atomic E-state index is 0.101. The third kappa shape index (κ3) is 3.79. The van der Waals surface area contributed by atoms with E-state index in [4.69, 9.17) is 0 Å². The van der Waals surface area contributed by atoms with Gasteiger partial charge in [-0.05, 0) is 7.05 Å². The number of aromatic nitrogens is 2. The molecule has 3 nitrogen and oxygen atoms in total. The minimum atomic E-state index is -4.21. The lowest BCUT2D eigenvalue weighted by Crippen LogP contribution is -2.35. The number of imidazole rings is 1. The molecule has 0 saturated carbocycles. The quantitative estimate of drug-likeness (QED) is 0.795. The first-order valence-electron chi connectivity index (χ1n) is 4.66. The van der Waals surface area contributed by atoms with E-state index in [0.29, 0.717) is 6.54 Å². The fourth-order valence-electron chi connectivity index (χ4n) is 1.23. The molecule has 7 heteroatoms. The van der Waals surface area contributed by atoms with Crippen LogP contribution in [0.1, 0.15) is 5.82 Å². The van der Waals surface area contributed by atoms with Crippen LogP contribution in [0.25, 0.3) is 0 Å². The normalized spacial score (nSPS) is 14.4. The van der Waals surface area contributed by atoms with E-state index in [0.717, 1.165) is 5.82 Å². The van der Waals surface area contributed by atoms with Gasteiger partial charge in [0.1, 0.15) is 10.7 Å². The molecule has 0 N–H and O–H groups in total. The zero-order chi connectivity index (χ0) is 12.3. The molecule has 1 atom stereocenters. The molecule has 0 aliphatic heterocycles. The summed E-state index contributed by atoms with van der Waals surface area (Å²) in [7, 11) is 3.44. The molecule has 1 aromatic rings. The van der Waals surface area contributed by atoms with Crippen LogP contribution in [0.5, 0.6) is 0 Å². The Bertz CT molecular complexity index is 337. The maximum absolute atomic E-state index is 12.3. The first-order chi connectivity index (χ1) is 7.30. The maximum Gasteiger partial charge on any atom is 0.402 e. The molecule has 1 aromatic heterocycles. The highest BCUT2D eigenvalue weighted by molar-refractivity contribution is 9.09. The molecule has 0 radical (unpaired) electrons. The molecule has 1 rings (SSSR count). The van der Waals surface area contributed by atoms with Crippen molar-refractivity contribution in [1.29, 1.82) is 0 Å². The second-order valence-electron chi connectivity index (χ2n) is 3.66. The van der Waals surface area contributed by atoms with Crippen LogP contribution in [0, 0.1) is 0 Å². The van der Waals surface area contributed by atoms with Gasteiger partial charge in [0.25, 0.3) is 0 Å². The number of aryl methyl sites for hydroxylation is 1. The number of hydrogen-bond acceptors (Lipinski definition) is 2. The van der Waals surface area contributed by atoms with Crippen LogP contribution in [0.4, 0.5) is 13.2 Å². The summed E-state index contributed by atoms with van der Waals surface area (Å²) in [6.07, 6.45) is -0.826. The first kappa shape index (κ1) is 13.5. The number of hydrogen-bond donors (Lipinski definition) is 0. The van der Waals surface area contributed by atoms with E-state index >= 15 is 0 Å². The van der Waals surface area contributed by atoms with Crippen molar-refractivity contribution in [1.82, 2.24) is 14.5 Å². The largest absolute Gasteiger partial charge is 0.402 e. The standard InChI is InChI=1S/C9H13BrF3N3/c1-15(5-7(10)9(11,12)13)6-8-14-3-4-16(8)2/h3-4,7H,5-6H2,1-2H3. The van der Waals surface area contributed by atoms with Gasteiger partial charge >= 0.3 is 6.18 Å². The summed E-state index contributed by atoms with van der Waals surface area (Å²) >= 11 is 2.63. The predicted octanol–water partition coefficient (Wildman–Crippen LogP) is 2.18. The average molecular weight is 300 g/mol. The zero-order valence-electron chi connectivity index (χ0n) is 9.00. The van der Waals surface area contributed by atoms with E-state index in [1.54, 1.807) is 28.9 Å². The van der Waals surface area contributed by atoms with Gasteiger partial charge in [-0.15, -0.1) is 0 Å². The van der Waals surface area contributed by atoms with Crippen molar-refractivity contribution >= 4 is 15.9 Å². The highest BCUT2D eigenvalue weighted by Gasteiger charge is 2.38. The first-order valence-corrected chi connectivity index (χ1v) is 5.58. The maximum atomic E-state index is 12.3. The summed E-state index contributed by atoms with van der Waals surface area (Å²) in [5.41, 5.74) is 0. The number of nitrogens with zero attached hydrogens (tertiary/aromatic N) is 3. The Morgan fingerprint density at radius 1 is 1.56 bits per heavy atom. The van der Waals surface area contributed by atoms with Gasteiger partial charge in [0.15, 0.2) is 0 Å². The Labute approximate surface area is 100 Å². The van der Waals surface area contributed by atoms with E-state index in [2.05, 4.69) is 20.9 Å². The van der Waals surface area contributed by atoms with Gasteiger partial charge in [-0.25, -0.2) is 4.98 Å². The van der Waals surface area contributed by atoms with Gasteiger partial charge in [-0.1, -0.05) is 15.9 Å². The SMILES string of the molecule is CN(Cc1nccn1C)CC(Br)C(F)(F)F. The van der Waals surface area contributed by atoms with Crippen LogP contribution in [-0.4, -0.2) is 39.0 Å². The van der Waals surface area contributed by atoms with Crippen LogP contribution >= 0.6 is 15.9 Å². The summed E-state index contributed by atoms with van der Waals surface area (Å²) in [6, 6.07) is 0. The lowest BCUT2D eigenvalue weighted by molar-refractivity contribution is -0.130. The van der Waals surface area contributed by atoms with Gasteiger partial charge < -0.3 is 4.57 Å². The van der Waals surface area contributed by atoms with Crippen molar-refractivity contribution in [3.63, 3.8) is 0 Å². The second-order valence-corrected chi connectivity index (χ2v) is 4.77. The molecule has 1 heterocycles. The molecule has 0 fully saturated rings. The van der Waals surface area contributed by atoms with Crippen molar-refractivity contribution in [2.24, 2.45) is 7.05 Å². The van der Waals surface area contributed by atoms with E-state index in [9.17, 15) is 13.2 Å². The van der Waals surface area contributed by atoms with Crippen LogP contribution < -0.4 is 0 Å².